The van der Waals surface area contributed by atoms with Crippen LogP contribution in [0, 0.1) is 5.92 Å². The number of alkyl carbamates (subject to hydrolysis) is 1. The standard InChI is InChI=1S/C21H42N4O4.HI/c1-8-21(9-2,24-19(26)29-20(3,4)5)16-23-18(22-6)25-11-10-17(14-25)15-28-13-12-27-7;/h17H,8-16H2,1-7H3,(H,22,23)(H,24,26);1H. The number of aliphatic imine (C=N–C) groups is 1. The third-order valence-electron chi connectivity index (χ3n) is 5.29. The zero-order valence-electron chi connectivity index (χ0n) is 19.9. The Morgan fingerprint density at radius 3 is 2.40 bits per heavy atom. The summed E-state index contributed by atoms with van der Waals surface area (Å²) < 4.78 is 16.2. The summed E-state index contributed by atoms with van der Waals surface area (Å²) in [6, 6.07) is 0. The average Bonchev–Trinajstić information content (AvgIpc) is 3.12. The summed E-state index contributed by atoms with van der Waals surface area (Å²) in [5.74, 6) is 1.36. The molecule has 1 aliphatic heterocycles. The number of likely N-dealkylation sites (tertiary alicyclic amines) is 1. The normalized spacial score (nSPS) is 17.5. The second-order valence-corrected chi connectivity index (χ2v) is 8.68. The Bertz CT molecular complexity index is 522. The van der Waals surface area contributed by atoms with Gasteiger partial charge in [0.2, 0.25) is 0 Å². The SMILES string of the molecule is CCC(CC)(CNC(=NC)N1CCC(COCCOC)C1)NC(=O)OC(C)(C)C.I. The largest absolute Gasteiger partial charge is 0.444 e. The molecule has 1 rings (SSSR count). The second-order valence-electron chi connectivity index (χ2n) is 8.68. The highest BCUT2D eigenvalue weighted by molar-refractivity contribution is 14.0. The van der Waals surface area contributed by atoms with E-state index < -0.39 is 5.60 Å². The zero-order chi connectivity index (χ0) is 21.9. The smallest absolute Gasteiger partial charge is 0.408 e. The van der Waals surface area contributed by atoms with Gasteiger partial charge in [0.25, 0.3) is 0 Å². The summed E-state index contributed by atoms with van der Waals surface area (Å²) in [5.41, 5.74) is -0.905. The first kappa shape index (κ1) is 29.2. The van der Waals surface area contributed by atoms with Gasteiger partial charge in [-0.3, -0.25) is 4.99 Å². The number of carbonyl (C=O) groups is 1. The molecule has 1 aliphatic rings. The molecule has 0 aliphatic carbocycles. The molecular formula is C21H43IN4O4. The van der Waals surface area contributed by atoms with Crippen LogP contribution < -0.4 is 10.6 Å². The Morgan fingerprint density at radius 2 is 1.87 bits per heavy atom. The van der Waals surface area contributed by atoms with Crippen LogP contribution in [0.1, 0.15) is 53.9 Å². The highest BCUT2D eigenvalue weighted by atomic mass is 127. The average molecular weight is 543 g/mol. The number of carbonyl (C=O) groups excluding carboxylic acids is 1. The van der Waals surface area contributed by atoms with Crippen LogP contribution in [0.2, 0.25) is 0 Å². The molecule has 8 nitrogen and oxygen atoms in total. The molecule has 0 aromatic heterocycles. The van der Waals surface area contributed by atoms with Crippen LogP contribution in [0.25, 0.3) is 0 Å². The molecular weight excluding hydrogens is 499 g/mol. The van der Waals surface area contributed by atoms with Crippen molar-refractivity contribution in [3.8, 4) is 0 Å². The van der Waals surface area contributed by atoms with Crippen LogP contribution in [0.3, 0.4) is 0 Å². The summed E-state index contributed by atoms with van der Waals surface area (Å²) >= 11 is 0. The molecule has 0 bridgehead atoms. The fourth-order valence-corrected chi connectivity index (χ4v) is 3.37. The molecule has 0 saturated carbocycles. The first-order valence-corrected chi connectivity index (χ1v) is 10.7. The van der Waals surface area contributed by atoms with Gasteiger partial charge in [-0.05, 0) is 40.0 Å². The minimum atomic E-state index is -0.517. The fourth-order valence-electron chi connectivity index (χ4n) is 3.37. The van der Waals surface area contributed by atoms with Crippen molar-refractivity contribution >= 4 is 36.0 Å². The van der Waals surface area contributed by atoms with Gasteiger partial charge in [-0.2, -0.15) is 0 Å². The highest BCUT2D eigenvalue weighted by Crippen LogP contribution is 2.19. The molecule has 1 heterocycles. The van der Waals surface area contributed by atoms with E-state index in [1.165, 1.54) is 0 Å². The third-order valence-corrected chi connectivity index (χ3v) is 5.29. The molecule has 30 heavy (non-hydrogen) atoms. The molecule has 1 unspecified atom stereocenters. The van der Waals surface area contributed by atoms with E-state index >= 15 is 0 Å². The number of guanidine groups is 1. The summed E-state index contributed by atoms with van der Waals surface area (Å²) in [7, 11) is 3.48. The summed E-state index contributed by atoms with van der Waals surface area (Å²) in [6.07, 6.45) is 2.29. The maximum absolute atomic E-state index is 12.3. The van der Waals surface area contributed by atoms with Crippen molar-refractivity contribution in [1.82, 2.24) is 15.5 Å². The van der Waals surface area contributed by atoms with Gasteiger partial charge >= 0.3 is 6.09 Å². The predicted molar refractivity (Wildman–Crippen MR) is 132 cm³/mol. The van der Waals surface area contributed by atoms with Gasteiger partial charge in [0.05, 0.1) is 25.4 Å². The maximum Gasteiger partial charge on any atom is 0.408 e. The molecule has 1 fully saturated rings. The topological polar surface area (TPSA) is 84.4 Å². The Labute approximate surface area is 199 Å². The molecule has 1 atom stereocenters. The Morgan fingerprint density at radius 1 is 1.20 bits per heavy atom. The minimum Gasteiger partial charge on any atom is -0.444 e. The molecule has 0 spiro atoms. The lowest BCUT2D eigenvalue weighted by Gasteiger charge is -2.35. The number of halogens is 1. The first-order valence-electron chi connectivity index (χ1n) is 10.7. The summed E-state index contributed by atoms with van der Waals surface area (Å²) in [4.78, 5) is 19.0. The lowest BCUT2D eigenvalue weighted by molar-refractivity contribution is 0.0448. The molecule has 0 radical (unpaired) electrons. The monoisotopic (exact) mass is 542 g/mol. The first-order chi connectivity index (χ1) is 13.7. The van der Waals surface area contributed by atoms with Crippen molar-refractivity contribution in [3.05, 3.63) is 0 Å². The van der Waals surface area contributed by atoms with Crippen LogP contribution in [0.4, 0.5) is 4.79 Å². The van der Waals surface area contributed by atoms with Crippen LogP contribution in [-0.4, -0.2) is 81.7 Å². The van der Waals surface area contributed by atoms with Gasteiger partial charge in [0, 0.05) is 39.7 Å². The molecule has 2 N–H and O–H groups in total. The number of amides is 1. The lowest BCUT2D eigenvalue weighted by Crippen LogP contribution is -2.57. The molecule has 0 aromatic rings. The van der Waals surface area contributed by atoms with Gasteiger partial charge in [-0.25, -0.2) is 4.79 Å². The molecule has 9 heteroatoms. The van der Waals surface area contributed by atoms with Gasteiger partial charge in [-0.1, -0.05) is 13.8 Å². The van der Waals surface area contributed by atoms with Crippen molar-refractivity contribution in [2.45, 2.75) is 65.0 Å². The molecule has 1 saturated heterocycles. The van der Waals surface area contributed by atoms with Crippen LogP contribution in [-0.2, 0) is 14.2 Å². The van der Waals surface area contributed by atoms with Gasteiger partial charge in [0.1, 0.15) is 5.60 Å². The van der Waals surface area contributed by atoms with Crippen molar-refractivity contribution < 1.29 is 19.0 Å². The van der Waals surface area contributed by atoms with E-state index in [2.05, 4.69) is 34.4 Å². The molecule has 1 amide bonds. The lowest BCUT2D eigenvalue weighted by atomic mass is 9.93. The number of methoxy groups -OCH3 is 1. The molecule has 178 valence electrons. The summed E-state index contributed by atoms with van der Waals surface area (Å²) in [5, 5.41) is 6.54. The third kappa shape index (κ3) is 10.5. The number of nitrogens with zero attached hydrogens (tertiary/aromatic N) is 2. The van der Waals surface area contributed by atoms with Gasteiger partial charge < -0.3 is 29.7 Å². The van der Waals surface area contributed by atoms with E-state index in [4.69, 9.17) is 14.2 Å². The van der Waals surface area contributed by atoms with E-state index in [-0.39, 0.29) is 35.6 Å². The van der Waals surface area contributed by atoms with E-state index in [0.29, 0.717) is 25.7 Å². The van der Waals surface area contributed by atoms with Gasteiger partial charge in [-0.15, -0.1) is 24.0 Å². The number of ether oxygens (including phenoxy) is 3. The quantitative estimate of drug-likeness (QED) is 0.191. The number of hydrogen-bond acceptors (Lipinski definition) is 5. The Hall–Kier alpha value is -0.810. The van der Waals surface area contributed by atoms with E-state index in [1.54, 1.807) is 14.2 Å². The van der Waals surface area contributed by atoms with Gasteiger partial charge in [0.15, 0.2) is 5.96 Å². The number of nitrogens with one attached hydrogen (secondary N) is 2. The van der Waals surface area contributed by atoms with E-state index in [9.17, 15) is 4.79 Å². The summed E-state index contributed by atoms with van der Waals surface area (Å²) in [6.45, 7) is 14.2. The second kappa shape index (κ2) is 14.3. The number of rotatable bonds is 10. The van der Waals surface area contributed by atoms with Crippen LogP contribution >= 0.6 is 24.0 Å². The highest BCUT2D eigenvalue weighted by Gasteiger charge is 2.32. The number of hydrogen-bond donors (Lipinski definition) is 2. The van der Waals surface area contributed by atoms with Crippen molar-refractivity contribution in [1.29, 1.82) is 0 Å². The fraction of sp³-hybridized carbons (Fsp3) is 0.905. The maximum atomic E-state index is 12.3. The van der Waals surface area contributed by atoms with Crippen molar-refractivity contribution in [2.75, 3.05) is 53.6 Å². The van der Waals surface area contributed by atoms with E-state index in [1.807, 2.05) is 20.8 Å². The van der Waals surface area contributed by atoms with Crippen LogP contribution in [0.5, 0.6) is 0 Å². The van der Waals surface area contributed by atoms with Crippen molar-refractivity contribution in [2.24, 2.45) is 10.9 Å². The van der Waals surface area contributed by atoms with Crippen molar-refractivity contribution in [3.63, 3.8) is 0 Å². The minimum absolute atomic E-state index is 0. The zero-order valence-corrected chi connectivity index (χ0v) is 22.2. The van der Waals surface area contributed by atoms with E-state index in [0.717, 1.165) is 44.9 Å². The van der Waals surface area contributed by atoms with Crippen LogP contribution in [0.15, 0.2) is 4.99 Å². The molecule has 0 aromatic carbocycles. The predicted octanol–water partition coefficient (Wildman–Crippen LogP) is 3.25. The Balaban J connectivity index is 0.00000841. The Kier molecular flexibility index (Phi) is 13.9.